The summed E-state index contributed by atoms with van der Waals surface area (Å²) in [5, 5.41) is 24.4. The third-order valence-electron chi connectivity index (χ3n) is 3.21. The van der Waals surface area contributed by atoms with Crippen molar-refractivity contribution < 1.29 is 23.0 Å². The van der Waals surface area contributed by atoms with Crippen molar-refractivity contribution in [2.75, 3.05) is 5.32 Å². The molecule has 0 saturated carbocycles. The molecule has 7 nitrogen and oxygen atoms in total. The number of aryl methyl sites for hydroxylation is 1. The van der Waals surface area contributed by atoms with Crippen molar-refractivity contribution in [3.8, 4) is 0 Å². The second kappa shape index (κ2) is 6.14. The van der Waals surface area contributed by atoms with E-state index in [0.29, 0.717) is 17.3 Å². The number of alkyl halides is 3. The largest absolute Gasteiger partial charge is 0.416 e. The molecule has 0 fully saturated rings. The van der Waals surface area contributed by atoms with Gasteiger partial charge in [-0.25, -0.2) is 0 Å². The van der Waals surface area contributed by atoms with E-state index in [1.165, 1.54) is 25.1 Å². The Morgan fingerprint density at radius 3 is 2.08 bits per heavy atom. The van der Waals surface area contributed by atoms with Crippen molar-refractivity contribution in [1.29, 1.82) is 0 Å². The summed E-state index contributed by atoms with van der Waals surface area (Å²) in [5.41, 5.74) is -1.48. The van der Waals surface area contributed by atoms with Crippen LogP contribution in [0.15, 0.2) is 36.4 Å². The smallest absolute Gasteiger partial charge is 0.350 e. The predicted molar refractivity (Wildman–Crippen MR) is 79.2 cm³/mol. The number of nitro benzene ring substituents is 2. The molecule has 0 aliphatic carbocycles. The highest BCUT2D eigenvalue weighted by Crippen LogP contribution is 2.36. The molecule has 2 aromatic carbocycles. The summed E-state index contributed by atoms with van der Waals surface area (Å²) in [5.74, 6) is 0. The van der Waals surface area contributed by atoms with E-state index < -0.39 is 27.3 Å². The Labute approximate surface area is 133 Å². The zero-order valence-corrected chi connectivity index (χ0v) is 12.1. The maximum atomic E-state index is 12.7. The molecule has 0 heterocycles. The third kappa shape index (κ3) is 3.59. The molecule has 0 bridgehead atoms. The van der Waals surface area contributed by atoms with Gasteiger partial charge < -0.3 is 5.32 Å². The van der Waals surface area contributed by atoms with Crippen LogP contribution in [0.1, 0.15) is 11.1 Å². The van der Waals surface area contributed by atoms with Crippen molar-refractivity contribution in [2.24, 2.45) is 0 Å². The molecule has 1 N–H and O–H groups in total. The van der Waals surface area contributed by atoms with Gasteiger partial charge in [0, 0.05) is 23.9 Å². The number of benzene rings is 2. The summed E-state index contributed by atoms with van der Waals surface area (Å²) in [6, 6.07) is 5.86. The highest BCUT2D eigenvalue weighted by molar-refractivity contribution is 5.72. The van der Waals surface area contributed by atoms with Crippen LogP contribution in [0, 0.1) is 27.2 Å². The zero-order valence-electron chi connectivity index (χ0n) is 12.1. The van der Waals surface area contributed by atoms with Crippen molar-refractivity contribution >= 4 is 22.7 Å². The van der Waals surface area contributed by atoms with Gasteiger partial charge in [0.2, 0.25) is 0 Å². The van der Waals surface area contributed by atoms with E-state index in [-0.39, 0.29) is 11.4 Å². The van der Waals surface area contributed by atoms with Gasteiger partial charge in [0.1, 0.15) is 5.69 Å². The molecule has 2 aromatic rings. The summed E-state index contributed by atoms with van der Waals surface area (Å²) in [7, 11) is 0. The van der Waals surface area contributed by atoms with Crippen molar-refractivity contribution in [3.05, 3.63) is 67.8 Å². The van der Waals surface area contributed by atoms with Crippen LogP contribution < -0.4 is 5.32 Å². The van der Waals surface area contributed by atoms with Crippen LogP contribution in [0.2, 0.25) is 0 Å². The molecule has 0 saturated heterocycles. The molecule has 126 valence electrons. The van der Waals surface area contributed by atoms with Crippen LogP contribution in [0.25, 0.3) is 0 Å². The standard InChI is InChI=1S/C14H10F3N3O4/c1-8-6-10(19(21)22)3-5-11(8)18-12-4-2-9(14(15,16)17)7-13(12)20(23)24/h2-7,18H,1H3. The fourth-order valence-corrected chi connectivity index (χ4v) is 2.01. The minimum Gasteiger partial charge on any atom is -0.350 e. The Bertz CT molecular complexity index is 821. The van der Waals surface area contributed by atoms with Gasteiger partial charge in [-0.05, 0) is 30.7 Å². The molecule has 0 spiro atoms. The van der Waals surface area contributed by atoms with E-state index in [1.807, 2.05) is 0 Å². The van der Waals surface area contributed by atoms with Gasteiger partial charge in [-0.15, -0.1) is 0 Å². The quantitative estimate of drug-likeness (QED) is 0.648. The van der Waals surface area contributed by atoms with E-state index in [9.17, 15) is 33.4 Å². The molecule has 24 heavy (non-hydrogen) atoms. The average molecular weight is 341 g/mol. The van der Waals surface area contributed by atoms with Crippen LogP contribution in [0.4, 0.5) is 35.9 Å². The van der Waals surface area contributed by atoms with Gasteiger partial charge >= 0.3 is 6.18 Å². The first-order valence-electron chi connectivity index (χ1n) is 6.47. The lowest BCUT2D eigenvalue weighted by Gasteiger charge is -2.12. The number of rotatable bonds is 4. The summed E-state index contributed by atoms with van der Waals surface area (Å²) in [6.07, 6.45) is -4.70. The highest BCUT2D eigenvalue weighted by atomic mass is 19.4. The Hall–Kier alpha value is -3.17. The fourth-order valence-electron chi connectivity index (χ4n) is 2.01. The second-order valence-corrected chi connectivity index (χ2v) is 4.87. The molecule has 0 aliphatic rings. The highest BCUT2D eigenvalue weighted by Gasteiger charge is 2.33. The van der Waals surface area contributed by atoms with Gasteiger partial charge in [-0.3, -0.25) is 20.2 Å². The first-order valence-corrected chi connectivity index (χ1v) is 6.47. The lowest BCUT2D eigenvalue weighted by molar-refractivity contribution is -0.384. The normalized spacial score (nSPS) is 11.2. The van der Waals surface area contributed by atoms with Gasteiger partial charge in [-0.1, -0.05) is 0 Å². The number of hydrogen-bond donors (Lipinski definition) is 1. The molecule has 0 aromatic heterocycles. The number of anilines is 2. The van der Waals surface area contributed by atoms with Gasteiger partial charge in [-0.2, -0.15) is 13.2 Å². The molecule has 0 unspecified atom stereocenters. The number of halogens is 3. The summed E-state index contributed by atoms with van der Waals surface area (Å²) >= 11 is 0. The number of non-ortho nitro benzene ring substituents is 1. The fraction of sp³-hybridized carbons (Fsp3) is 0.143. The Kier molecular flexibility index (Phi) is 4.40. The maximum absolute atomic E-state index is 12.7. The van der Waals surface area contributed by atoms with Crippen LogP contribution >= 0.6 is 0 Å². The van der Waals surface area contributed by atoms with Crippen molar-refractivity contribution in [2.45, 2.75) is 13.1 Å². The van der Waals surface area contributed by atoms with Gasteiger partial charge in [0.05, 0.1) is 15.4 Å². The van der Waals surface area contributed by atoms with Crippen LogP contribution in [-0.4, -0.2) is 9.85 Å². The van der Waals surface area contributed by atoms with E-state index in [4.69, 9.17) is 0 Å². The van der Waals surface area contributed by atoms with Crippen LogP contribution in [0.3, 0.4) is 0 Å². The molecule has 0 radical (unpaired) electrons. The summed E-state index contributed by atoms with van der Waals surface area (Å²) in [6.45, 7) is 1.53. The summed E-state index contributed by atoms with van der Waals surface area (Å²) < 4.78 is 38.0. The van der Waals surface area contributed by atoms with Crippen LogP contribution in [-0.2, 0) is 6.18 Å². The number of nitrogens with zero attached hydrogens (tertiary/aromatic N) is 2. The van der Waals surface area contributed by atoms with Crippen molar-refractivity contribution in [1.82, 2.24) is 0 Å². The summed E-state index contributed by atoms with van der Waals surface area (Å²) in [4.78, 5) is 20.2. The van der Waals surface area contributed by atoms with E-state index in [0.717, 1.165) is 12.1 Å². The number of hydrogen-bond acceptors (Lipinski definition) is 5. The average Bonchev–Trinajstić information content (AvgIpc) is 2.48. The predicted octanol–water partition coefficient (Wildman–Crippen LogP) is 4.57. The first kappa shape index (κ1) is 17.2. The molecule has 0 amide bonds. The molecule has 0 aliphatic heterocycles. The zero-order chi connectivity index (χ0) is 18.1. The third-order valence-corrected chi connectivity index (χ3v) is 3.21. The van der Waals surface area contributed by atoms with Gasteiger partial charge in [0.25, 0.3) is 11.4 Å². The molecule has 2 rings (SSSR count). The first-order chi connectivity index (χ1) is 11.1. The Morgan fingerprint density at radius 2 is 1.58 bits per heavy atom. The molecular weight excluding hydrogens is 331 g/mol. The van der Waals surface area contributed by atoms with Crippen molar-refractivity contribution in [3.63, 3.8) is 0 Å². The Morgan fingerprint density at radius 1 is 0.958 bits per heavy atom. The molecule has 0 atom stereocenters. The molecular formula is C14H10F3N3O4. The number of nitro groups is 2. The van der Waals surface area contributed by atoms with Crippen LogP contribution in [0.5, 0.6) is 0 Å². The lowest BCUT2D eigenvalue weighted by atomic mass is 10.1. The maximum Gasteiger partial charge on any atom is 0.416 e. The van der Waals surface area contributed by atoms with E-state index in [2.05, 4.69) is 5.32 Å². The number of nitrogens with one attached hydrogen (secondary N) is 1. The van der Waals surface area contributed by atoms with Gasteiger partial charge in [0.15, 0.2) is 0 Å². The SMILES string of the molecule is Cc1cc([N+](=O)[O-])ccc1Nc1ccc(C(F)(F)F)cc1[N+](=O)[O-]. The Balaban J connectivity index is 2.43. The minimum absolute atomic E-state index is 0.148. The lowest BCUT2D eigenvalue weighted by Crippen LogP contribution is -2.07. The van der Waals surface area contributed by atoms with E-state index in [1.54, 1.807) is 0 Å². The van der Waals surface area contributed by atoms with E-state index >= 15 is 0 Å². The molecule has 10 heteroatoms. The monoisotopic (exact) mass is 341 g/mol. The topological polar surface area (TPSA) is 98.3 Å². The minimum atomic E-state index is -4.70. The second-order valence-electron chi connectivity index (χ2n) is 4.87.